The Labute approximate surface area is 105 Å². The first-order chi connectivity index (χ1) is 6.56. The number of hydrogen-bond acceptors (Lipinski definition) is 2. The van der Waals surface area contributed by atoms with E-state index < -0.39 is 0 Å². The summed E-state index contributed by atoms with van der Waals surface area (Å²) in [7, 11) is 0. The van der Waals surface area contributed by atoms with Gasteiger partial charge < -0.3 is 10.8 Å². The Bertz CT molecular complexity index is 332. The minimum atomic E-state index is -0.350. The van der Waals surface area contributed by atoms with Gasteiger partial charge in [-0.3, -0.25) is 0 Å². The molecule has 0 unspecified atom stereocenters. The van der Waals surface area contributed by atoms with Crippen molar-refractivity contribution in [3.63, 3.8) is 0 Å². The van der Waals surface area contributed by atoms with Gasteiger partial charge in [0.25, 0.3) is 0 Å². The summed E-state index contributed by atoms with van der Waals surface area (Å²) < 4.78 is 0. The first-order valence-electron chi connectivity index (χ1n) is 4.10. The van der Waals surface area contributed by atoms with Crippen LogP contribution in [0, 0.1) is 0 Å². The van der Waals surface area contributed by atoms with Crippen molar-refractivity contribution in [2.24, 2.45) is 5.73 Å². The highest BCUT2D eigenvalue weighted by molar-refractivity contribution is 6.35. The summed E-state index contributed by atoms with van der Waals surface area (Å²) in [5, 5.41) is 10.4. The molecule has 5 heteroatoms. The summed E-state index contributed by atoms with van der Waals surface area (Å²) in [5.74, 6) is 0.0249. The van der Waals surface area contributed by atoms with E-state index in [-0.39, 0.29) is 24.2 Å². The Balaban J connectivity index is 0.00000196. The van der Waals surface area contributed by atoms with Crippen molar-refractivity contribution in [2.75, 3.05) is 0 Å². The van der Waals surface area contributed by atoms with E-state index in [1.807, 2.05) is 0 Å². The average Bonchev–Trinajstić information content (AvgIpc) is 2.01. The van der Waals surface area contributed by atoms with Crippen LogP contribution >= 0.6 is 35.6 Å². The van der Waals surface area contributed by atoms with Gasteiger partial charge in [0.2, 0.25) is 0 Å². The number of rotatable bonds is 3. The zero-order valence-electron chi connectivity index (χ0n) is 7.91. The highest BCUT2D eigenvalue weighted by Gasteiger charge is 2.14. The fourth-order valence-corrected chi connectivity index (χ4v) is 1.86. The van der Waals surface area contributed by atoms with Crippen LogP contribution in [-0.4, -0.2) is 5.11 Å². The van der Waals surface area contributed by atoms with Gasteiger partial charge in [-0.1, -0.05) is 29.3 Å². The molecule has 3 N–H and O–H groups in total. The molecule has 15 heavy (non-hydrogen) atoms. The Morgan fingerprint density at radius 1 is 1.47 bits per heavy atom. The summed E-state index contributed by atoms with van der Waals surface area (Å²) in [4.78, 5) is 0. The van der Waals surface area contributed by atoms with E-state index in [0.29, 0.717) is 22.0 Å². The number of nitrogens with two attached hydrogens (primary N) is 1. The summed E-state index contributed by atoms with van der Waals surface area (Å²) in [6.07, 6.45) is 2.23. The van der Waals surface area contributed by atoms with E-state index in [0.717, 1.165) is 0 Å². The predicted octanol–water partition coefficient (Wildman–Crippen LogP) is 3.70. The lowest BCUT2D eigenvalue weighted by atomic mass is 10.0. The smallest absolute Gasteiger partial charge is 0.123 e. The molecule has 1 aromatic rings. The third kappa shape index (κ3) is 3.58. The van der Waals surface area contributed by atoms with Gasteiger partial charge in [-0.2, -0.15) is 0 Å². The van der Waals surface area contributed by atoms with Gasteiger partial charge in [0, 0.05) is 16.6 Å². The highest BCUT2D eigenvalue weighted by atomic mass is 35.5. The predicted molar refractivity (Wildman–Crippen MR) is 67.1 cm³/mol. The monoisotopic (exact) mass is 267 g/mol. The molecule has 2 nitrogen and oxygen atoms in total. The number of aromatic hydroxyl groups is 1. The highest BCUT2D eigenvalue weighted by Crippen LogP contribution is 2.34. The second-order valence-electron chi connectivity index (χ2n) is 2.95. The first kappa shape index (κ1) is 14.6. The van der Waals surface area contributed by atoms with Gasteiger partial charge in [0.05, 0.1) is 5.02 Å². The van der Waals surface area contributed by atoms with Crippen LogP contribution < -0.4 is 5.73 Å². The van der Waals surface area contributed by atoms with Gasteiger partial charge in [0.15, 0.2) is 0 Å². The quantitative estimate of drug-likeness (QED) is 0.821. The van der Waals surface area contributed by atoms with Crippen molar-refractivity contribution in [1.29, 1.82) is 0 Å². The molecular formula is C10H12Cl3NO. The molecular weight excluding hydrogens is 256 g/mol. The number of phenolic OH excluding ortho intramolecular Hbond substituents is 1. The largest absolute Gasteiger partial charge is 0.508 e. The molecule has 0 bridgehead atoms. The molecule has 0 saturated carbocycles. The Morgan fingerprint density at radius 3 is 2.53 bits per heavy atom. The van der Waals surface area contributed by atoms with E-state index >= 15 is 0 Å². The van der Waals surface area contributed by atoms with Gasteiger partial charge in [-0.15, -0.1) is 19.0 Å². The van der Waals surface area contributed by atoms with Crippen molar-refractivity contribution in [3.05, 3.63) is 40.4 Å². The minimum absolute atomic E-state index is 0. The molecule has 0 aliphatic rings. The molecule has 1 atom stereocenters. The van der Waals surface area contributed by atoms with Crippen LogP contribution in [0.5, 0.6) is 5.75 Å². The fourth-order valence-electron chi connectivity index (χ4n) is 1.24. The average molecular weight is 269 g/mol. The maximum absolute atomic E-state index is 9.59. The normalized spacial score (nSPS) is 11.7. The van der Waals surface area contributed by atoms with Gasteiger partial charge >= 0.3 is 0 Å². The third-order valence-corrected chi connectivity index (χ3v) is 2.39. The summed E-state index contributed by atoms with van der Waals surface area (Å²) in [6, 6.07) is 2.63. The zero-order valence-corrected chi connectivity index (χ0v) is 10.2. The molecule has 0 spiro atoms. The maximum atomic E-state index is 9.59. The molecule has 84 valence electrons. The van der Waals surface area contributed by atoms with Crippen molar-refractivity contribution in [1.82, 2.24) is 0 Å². The van der Waals surface area contributed by atoms with E-state index in [1.165, 1.54) is 6.07 Å². The fraction of sp³-hybridized carbons (Fsp3) is 0.200. The van der Waals surface area contributed by atoms with E-state index in [2.05, 4.69) is 6.58 Å². The maximum Gasteiger partial charge on any atom is 0.123 e. The molecule has 0 aliphatic heterocycles. The molecule has 0 saturated heterocycles. The summed E-state index contributed by atoms with van der Waals surface area (Å²) in [6.45, 7) is 3.57. The van der Waals surface area contributed by atoms with Gasteiger partial charge in [-0.05, 0) is 18.6 Å². The minimum Gasteiger partial charge on any atom is -0.508 e. The lowest BCUT2D eigenvalue weighted by Gasteiger charge is -2.13. The van der Waals surface area contributed by atoms with Crippen molar-refractivity contribution in [2.45, 2.75) is 12.5 Å². The standard InChI is InChI=1S/C10H11Cl2NO.ClH/c1-2-3-8(13)10-7(12)4-6(11)5-9(10)14;/h2,4-5,8,14H,1,3,13H2;1H/t8-;/m1./s1. The molecule has 0 fully saturated rings. The van der Waals surface area contributed by atoms with Crippen molar-refractivity contribution >= 4 is 35.6 Å². The zero-order chi connectivity index (χ0) is 10.7. The van der Waals surface area contributed by atoms with E-state index in [4.69, 9.17) is 28.9 Å². The molecule has 0 aromatic heterocycles. The Hall–Kier alpha value is -0.410. The van der Waals surface area contributed by atoms with E-state index in [9.17, 15) is 5.11 Å². The number of hydrogen-bond donors (Lipinski definition) is 2. The lowest BCUT2D eigenvalue weighted by molar-refractivity contribution is 0.462. The van der Waals surface area contributed by atoms with Crippen LogP contribution in [0.25, 0.3) is 0 Å². The van der Waals surface area contributed by atoms with Crippen LogP contribution in [0.4, 0.5) is 0 Å². The molecule has 0 amide bonds. The molecule has 0 heterocycles. The number of benzene rings is 1. The van der Waals surface area contributed by atoms with Crippen LogP contribution in [0.2, 0.25) is 10.0 Å². The number of halogens is 3. The SMILES string of the molecule is C=CC[C@@H](N)c1c(O)cc(Cl)cc1Cl.Cl. The Kier molecular flexibility index (Phi) is 6.06. The first-order valence-corrected chi connectivity index (χ1v) is 4.86. The molecule has 1 aromatic carbocycles. The summed E-state index contributed by atoms with van der Waals surface area (Å²) >= 11 is 11.6. The van der Waals surface area contributed by atoms with Crippen LogP contribution in [-0.2, 0) is 0 Å². The van der Waals surface area contributed by atoms with Crippen molar-refractivity contribution in [3.8, 4) is 5.75 Å². The molecule has 1 rings (SSSR count). The Morgan fingerprint density at radius 2 is 2.07 bits per heavy atom. The number of phenols is 1. The van der Waals surface area contributed by atoms with Crippen molar-refractivity contribution < 1.29 is 5.11 Å². The van der Waals surface area contributed by atoms with Gasteiger partial charge in [0.1, 0.15) is 5.75 Å². The second-order valence-corrected chi connectivity index (χ2v) is 3.79. The molecule has 0 aliphatic carbocycles. The van der Waals surface area contributed by atoms with Crippen LogP contribution in [0.1, 0.15) is 18.0 Å². The second kappa shape index (κ2) is 6.23. The van der Waals surface area contributed by atoms with Gasteiger partial charge in [-0.25, -0.2) is 0 Å². The van der Waals surface area contributed by atoms with Crippen LogP contribution in [0.15, 0.2) is 24.8 Å². The topological polar surface area (TPSA) is 46.2 Å². The van der Waals surface area contributed by atoms with Crippen LogP contribution in [0.3, 0.4) is 0 Å². The lowest BCUT2D eigenvalue weighted by Crippen LogP contribution is -2.09. The molecule has 0 radical (unpaired) electrons. The third-order valence-electron chi connectivity index (χ3n) is 1.86. The summed E-state index contributed by atoms with van der Waals surface area (Å²) in [5.41, 5.74) is 6.31. The van der Waals surface area contributed by atoms with E-state index in [1.54, 1.807) is 12.1 Å².